The molecule has 0 saturated heterocycles. The zero-order chi connectivity index (χ0) is 23.4. The molecule has 0 spiro atoms. The van der Waals surface area contributed by atoms with Crippen molar-refractivity contribution in [2.45, 2.75) is 4.90 Å². The molecule has 0 fully saturated rings. The largest absolute Gasteiger partial charge is 0.454 e. The molecule has 1 aliphatic heterocycles. The van der Waals surface area contributed by atoms with Gasteiger partial charge in [0.05, 0.1) is 26.8 Å². The van der Waals surface area contributed by atoms with E-state index < -0.39 is 22.5 Å². The summed E-state index contributed by atoms with van der Waals surface area (Å²) in [5.41, 5.74) is 3.19. The molecule has 3 aromatic rings. The maximum atomic E-state index is 13.3. The van der Waals surface area contributed by atoms with Crippen molar-refractivity contribution in [2.24, 2.45) is 5.10 Å². The third kappa shape index (κ3) is 5.22. The molecule has 0 bridgehead atoms. The molecule has 0 aliphatic carbocycles. The highest BCUT2D eigenvalue weighted by Gasteiger charge is 2.27. The molecule has 1 amide bonds. The predicted molar refractivity (Wildman–Crippen MR) is 126 cm³/mol. The van der Waals surface area contributed by atoms with E-state index in [0.29, 0.717) is 17.1 Å². The number of hydrogen-bond acceptors (Lipinski definition) is 6. The van der Waals surface area contributed by atoms with Crippen molar-refractivity contribution in [3.05, 3.63) is 82.3 Å². The van der Waals surface area contributed by atoms with Gasteiger partial charge in [-0.25, -0.2) is 13.8 Å². The Hall–Kier alpha value is -3.27. The van der Waals surface area contributed by atoms with Crippen molar-refractivity contribution in [3.8, 4) is 11.5 Å². The first kappa shape index (κ1) is 22.9. The van der Waals surface area contributed by atoms with Crippen LogP contribution in [0.5, 0.6) is 11.5 Å². The summed E-state index contributed by atoms with van der Waals surface area (Å²) in [7, 11) is -4.07. The van der Waals surface area contributed by atoms with Crippen molar-refractivity contribution in [3.63, 3.8) is 0 Å². The van der Waals surface area contributed by atoms with Gasteiger partial charge in [0.25, 0.3) is 15.9 Å². The first-order chi connectivity index (χ1) is 15.8. The summed E-state index contributed by atoms with van der Waals surface area (Å²) in [6.45, 7) is -0.388. The summed E-state index contributed by atoms with van der Waals surface area (Å²) in [6, 6.07) is 17.2. The van der Waals surface area contributed by atoms with Gasteiger partial charge >= 0.3 is 0 Å². The van der Waals surface area contributed by atoms with E-state index >= 15 is 0 Å². The van der Waals surface area contributed by atoms with Crippen LogP contribution in [-0.4, -0.2) is 33.9 Å². The van der Waals surface area contributed by atoms with Gasteiger partial charge in [0.1, 0.15) is 6.54 Å². The van der Waals surface area contributed by atoms with Crippen LogP contribution in [0.15, 0.2) is 76.7 Å². The highest BCUT2D eigenvalue weighted by Crippen LogP contribution is 2.32. The Morgan fingerprint density at radius 3 is 2.52 bits per heavy atom. The highest BCUT2D eigenvalue weighted by molar-refractivity contribution is 7.92. The topological polar surface area (TPSA) is 97.3 Å². The Morgan fingerprint density at radius 1 is 1.00 bits per heavy atom. The lowest BCUT2D eigenvalue weighted by Gasteiger charge is -2.24. The average molecular weight is 506 g/mol. The fourth-order valence-electron chi connectivity index (χ4n) is 3.01. The molecule has 4 rings (SSSR count). The molecule has 1 aliphatic rings. The number of halogens is 2. The lowest BCUT2D eigenvalue weighted by atomic mass is 10.2. The van der Waals surface area contributed by atoms with E-state index in [-0.39, 0.29) is 27.4 Å². The number of carbonyl (C=O) groups excluding carboxylic acids is 1. The van der Waals surface area contributed by atoms with Crippen LogP contribution in [0.3, 0.4) is 0 Å². The van der Waals surface area contributed by atoms with E-state index in [9.17, 15) is 13.2 Å². The van der Waals surface area contributed by atoms with Crippen LogP contribution in [0.4, 0.5) is 5.69 Å². The predicted octanol–water partition coefficient (Wildman–Crippen LogP) is 4.07. The second-order valence-electron chi connectivity index (χ2n) is 6.83. The van der Waals surface area contributed by atoms with Gasteiger partial charge in [0, 0.05) is 0 Å². The molecule has 0 aromatic heterocycles. The summed E-state index contributed by atoms with van der Waals surface area (Å²) >= 11 is 12.1. The summed E-state index contributed by atoms with van der Waals surface area (Å²) in [4.78, 5) is 12.6. The normalized spacial score (nSPS) is 12.7. The molecule has 1 N–H and O–H groups in total. The number of anilines is 1. The molecular weight excluding hydrogens is 489 g/mol. The standard InChI is InChI=1S/C22H17Cl2N3O5S/c23-18-8-7-16(11-19(18)24)27(33(29,30)17-4-2-1-3-5-17)13-22(28)26-25-12-15-6-9-20-21(10-15)32-14-31-20/h1-12H,13-14H2,(H,26,28)/b25-12+. The smallest absolute Gasteiger partial charge is 0.264 e. The second-order valence-corrected chi connectivity index (χ2v) is 9.51. The molecule has 0 saturated carbocycles. The SMILES string of the molecule is O=C(CN(c1ccc(Cl)c(Cl)c1)S(=O)(=O)c1ccccc1)N/N=C/c1ccc2c(c1)OCO2. The van der Waals surface area contributed by atoms with Crippen molar-refractivity contribution in [1.82, 2.24) is 5.43 Å². The van der Waals surface area contributed by atoms with Crippen LogP contribution in [-0.2, 0) is 14.8 Å². The Kier molecular flexibility index (Phi) is 6.73. The van der Waals surface area contributed by atoms with Crippen molar-refractivity contribution >= 4 is 51.0 Å². The minimum atomic E-state index is -4.07. The molecule has 0 radical (unpaired) electrons. The van der Waals surface area contributed by atoms with Gasteiger partial charge in [0.2, 0.25) is 6.79 Å². The number of fused-ring (bicyclic) bond motifs is 1. The van der Waals surface area contributed by atoms with Crippen molar-refractivity contribution in [2.75, 3.05) is 17.6 Å². The number of sulfonamides is 1. The lowest BCUT2D eigenvalue weighted by molar-refractivity contribution is -0.119. The highest BCUT2D eigenvalue weighted by atomic mass is 35.5. The van der Waals surface area contributed by atoms with Crippen LogP contribution in [0, 0.1) is 0 Å². The number of nitrogens with one attached hydrogen (secondary N) is 1. The summed E-state index contributed by atoms with van der Waals surface area (Å²) in [5, 5.41) is 4.33. The maximum absolute atomic E-state index is 13.3. The number of hydrazone groups is 1. The number of benzene rings is 3. The van der Waals surface area contributed by atoms with Crippen molar-refractivity contribution in [1.29, 1.82) is 0 Å². The van der Waals surface area contributed by atoms with Gasteiger partial charge in [-0.1, -0.05) is 41.4 Å². The molecule has 11 heteroatoms. The summed E-state index contributed by atoms with van der Waals surface area (Å²) in [6.07, 6.45) is 1.41. The molecule has 170 valence electrons. The van der Waals surface area contributed by atoms with E-state index in [2.05, 4.69) is 10.5 Å². The van der Waals surface area contributed by atoms with Gasteiger partial charge in [-0.3, -0.25) is 9.10 Å². The van der Waals surface area contributed by atoms with Crippen LogP contribution in [0.25, 0.3) is 0 Å². The summed E-state index contributed by atoms with van der Waals surface area (Å²) < 4.78 is 38.0. The molecule has 3 aromatic carbocycles. The number of amides is 1. The molecule has 0 unspecified atom stereocenters. The fourth-order valence-corrected chi connectivity index (χ4v) is 4.74. The Morgan fingerprint density at radius 2 is 1.76 bits per heavy atom. The second kappa shape index (κ2) is 9.70. The molecule has 8 nitrogen and oxygen atoms in total. The first-order valence-electron chi connectivity index (χ1n) is 9.59. The van der Waals surface area contributed by atoms with Crippen LogP contribution in [0.2, 0.25) is 10.0 Å². The first-order valence-corrected chi connectivity index (χ1v) is 11.8. The minimum absolute atomic E-state index is 0.0210. The Balaban J connectivity index is 1.54. The third-order valence-corrected chi connectivity index (χ3v) is 7.14. The van der Waals surface area contributed by atoms with Gasteiger partial charge in [-0.15, -0.1) is 0 Å². The minimum Gasteiger partial charge on any atom is -0.454 e. The molecule has 1 heterocycles. The molecular formula is C22H17Cl2N3O5S. The molecule has 0 atom stereocenters. The number of carbonyl (C=O) groups is 1. The van der Waals surface area contributed by atoms with Crippen LogP contribution in [0.1, 0.15) is 5.56 Å². The van der Waals surface area contributed by atoms with Gasteiger partial charge in [-0.2, -0.15) is 5.10 Å². The van der Waals surface area contributed by atoms with Crippen LogP contribution < -0.4 is 19.2 Å². The van der Waals surface area contributed by atoms with Gasteiger partial charge in [-0.05, 0) is 54.1 Å². The van der Waals surface area contributed by atoms with E-state index in [1.54, 1.807) is 36.4 Å². The maximum Gasteiger partial charge on any atom is 0.264 e. The Labute approximate surface area is 200 Å². The number of hydrogen-bond donors (Lipinski definition) is 1. The number of rotatable bonds is 7. The van der Waals surface area contributed by atoms with Crippen molar-refractivity contribution < 1.29 is 22.7 Å². The number of ether oxygens (including phenoxy) is 2. The van der Waals surface area contributed by atoms with E-state index in [4.69, 9.17) is 32.7 Å². The van der Waals surface area contributed by atoms with E-state index in [0.717, 1.165) is 4.31 Å². The fraction of sp³-hybridized carbons (Fsp3) is 0.0909. The van der Waals surface area contributed by atoms with E-state index in [1.165, 1.54) is 36.5 Å². The van der Waals surface area contributed by atoms with E-state index in [1.807, 2.05) is 0 Å². The lowest BCUT2D eigenvalue weighted by Crippen LogP contribution is -2.39. The monoisotopic (exact) mass is 505 g/mol. The Bertz CT molecular complexity index is 1320. The number of nitrogens with zero attached hydrogens (tertiary/aromatic N) is 2. The van der Waals surface area contributed by atoms with Gasteiger partial charge in [0.15, 0.2) is 11.5 Å². The van der Waals surface area contributed by atoms with Crippen LogP contribution >= 0.6 is 23.2 Å². The zero-order valence-electron chi connectivity index (χ0n) is 16.9. The molecule has 33 heavy (non-hydrogen) atoms. The third-order valence-electron chi connectivity index (χ3n) is 4.61. The summed E-state index contributed by atoms with van der Waals surface area (Å²) in [5.74, 6) is 0.544. The average Bonchev–Trinajstić information content (AvgIpc) is 3.28. The quantitative estimate of drug-likeness (QED) is 0.385. The van der Waals surface area contributed by atoms with Gasteiger partial charge < -0.3 is 9.47 Å². The zero-order valence-corrected chi connectivity index (χ0v) is 19.3.